The maximum absolute atomic E-state index is 4.39. The van der Waals surface area contributed by atoms with Gasteiger partial charge in [0, 0.05) is 17.6 Å². The van der Waals surface area contributed by atoms with Gasteiger partial charge in [-0.2, -0.15) is 0 Å². The van der Waals surface area contributed by atoms with E-state index in [2.05, 4.69) is 38.0 Å². The fraction of sp³-hybridized carbons (Fsp3) is 0.727. The highest BCUT2D eigenvalue weighted by molar-refractivity contribution is 7.09. The Morgan fingerprint density at radius 1 is 1.43 bits per heavy atom. The Hall–Kier alpha value is -0.410. The number of thiazole rings is 1. The molecule has 2 unspecified atom stereocenters. The highest BCUT2D eigenvalue weighted by atomic mass is 32.1. The zero-order chi connectivity index (χ0) is 10.6. The molecule has 1 heterocycles. The van der Waals surface area contributed by atoms with Crippen molar-refractivity contribution in [3.63, 3.8) is 0 Å². The van der Waals surface area contributed by atoms with Gasteiger partial charge in [-0.1, -0.05) is 34.1 Å². The summed E-state index contributed by atoms with van der Waals surface area (Å²) in [6.45, 7) is 8.88. The van der Waals surface area contributed by atoms with Crippen molar-refractivity contribution in [3.05, 3.63) is 16.6 Å². The first-order valence-electron chi connectivity index (χ1n) is 5.30. The van der Waals surface area contributed by atoms with E-state index in [0.717, 1.165) is 0 Å². The highest BCUT2D eigenvalue weighted by Crippen LogP contribution is 2.26. The first-order valence-corrected chi connectivity index (χ1v) is 6.18. The molecule has 0 saturated carbocycles. The van der Waals surface area contributed by atoms with E-state index in [0.29, 0.717) is 18.0 Å². The number of hydrogen-bond acceptors (Lipinski definition) is 3. The molecular formula is C11H20N2S. The number of aromatic nitrogens is 1. The van der Waals surface area contributed by atoms with Crippen LogP contribution in [0.2, 0.25) is 0 Å². The molecule has 0 saturated heterocycles. The lowest BCUT2D eigenvalue weighted by Crippen LogP contribution is -2.32. The maximum Gasteiger partial charge on any atom is 0.110 e. The molecule has 0 aromatic carbocycles. The Morgan fingerprint density at radius 2 is 2.14 bits per heavy atom. The van der Waals surface area contributed by atoms with Crippen molar-refractivity contribution < 1.29 is 0 Å². The second-order valence-corrected chi connectivity index (χ2v) is 4.98. The average Bonchev–Trinajstić information content (AvgIpc) is 2.65. The molecule has 0 radical (unpaired) electrons. The molecule has 14 heavy (non-hydrogen) atoms. The molecule has 2 atom stereocenters. The van der Waals surface area contributed by atoms with E-state index in [4.69, 9.17) is 0 Å². The molecular weight excluding hydrogens is 192 g/mol. The molecule has 1 aromatic rings. The lowest BCUT2D eigenvalue weighted by Gasteiger charge is -2.24. The second kappa shape index (κ2) is 5.47. The molecule has 0 fully saturated rings. The van der Waals surface area contributed by atoms with Crippen molar-refractivity contribution in [1.82, 2.24) is 10.3 Å². The van der Waals surface area contributed by atoms with Crippen LogP contribution >= 0.6 is 11.3 Å². The second-order valence-electron chi connectivity index (χ2n) is 4.05. The van der Waals surface area contributed by atoms with E-state index >= 15 is 0 Å². The predicted octanol–water partition coefficient (Wildman–Crippen LogP) is 3.23. The van der Waals surface area contributed by atoms with Gasteiger partial charge in [-0.3, -0.25) is 0 Å². The third-order valence-corrected chi connectivity index (χ3v) is 3.30. The van der Waals surface area contributed by atoms with E-state index in [-0.39, 0.29) is 0 Å². The lowest BCUT2D eigenvalue weighted by molar-refractivity contribution is 0.351. The summed E-state index contributed by atoms with van der Waals surface area (Å²) in [5.41, 5.74) is 0. The van der Waals surface area contributed by atoms with E-state index in [1.807, 2.05) is 11.6 Å². The molecule has 80 valence electrons. The Balaban J connectivity index is 2.72. The summed E-state index contributed by atoms with van der Waals surface area (Å²) in [6.07, 6.45) is 3.07. The highest BCUT2D eigenvalue weighted by Gasteiger charge is 2.20. The number of rotatable bonds is 5. The fourth-order valence-electron chi connectivity index (χ4n) is 1.46. The molecule has 3 heteroatoms. The summed E-state index contributed by atoms with van der Waals surface area (Å²) in [7, 11) is 0. The van der Waals surface area contributed by atoms with E-state index in [1.54, 1.807) is 11.3 Å². The molecule has 0 aliphatic heterocycles. The normalized spacial score (nSPS) is 15.8. The Morgan fingerprint density at radius 3 is 2.57 bits per heavy atom. The summed E-state index contributed by atoms with van der Waals surface area (Å²) in [4.78, 5) is 4.39. The van der Waals surface area contributed by atoms with Gasteiger partial charge in [-0.25, -0.2) is 4.98 Å². The topological polar surface area (TPSA) is 24.9 Å². The quantitative estimate of drug-likeness (QED) is 0.810. The van der Waals surface area contributed by atoms with Gasteiger partial charge in [0.15, 0.2) is 0 Å². The lowest BCUT2D eigenvalue weighted by atomic mass is 9.99. The third-order valence-electron chi connectivity index (χ3n) is 2.44. The Kier molecular flexibility index (Phi) is 4.55. The van der Waals surface area contributed by atoms with Crippen molar-refractivity contribution in [2.75, 3.05) is 0 Å². The third kappa shape index (κ3) is 3.07. The smallest absolute Gasteiger partial charge is 0.110 e. The zero-order valence-corrected chi connectivity index (χ0v) is 10.3. The van der Waals surface area contributed by atoms with Crippen molar-refractivity contribution in [2.24, 2.45) is 5.92 Å². The standard InChI is InChI=1S/C11H20N2S/c1-5-9(4)10(13-8(2)3)11-12-6-7-14-11/h6-10,13H,5H2,1-4H3. The summed E-state index contributed by atoms with van der Waals surface area (Å²) in [5, 5.41) is 6.84. The van der Waals surface area contributed by atoms with Crippen LogP contribution in [0.4, 0.5) is 0 Å². The van der Waals surface area contributed by atoms with Crippen molar-refractivity contribution in [2.45, 2.75) is 46.2 Å². The van der Waals surface area contributed by atoms with Gasteiger partial charge in [0.1, 0.15) is 5.01 Å². The molecule has 0 amide bonds. The fourth-order valence-corrected chi connectivity index (χ4v) is 2.29. The minimum atomic E-state index is 0.417. The number of nitrogens with one attached hydrogen (secondary N) is 1. The summed E-state index contributed by atoms with van der Waals surface area (Å²) in [6, 6.07) is 0.929. The largest absolute Gasteiger partial charge is 0.305 e. The molecule has 0 bridgehead atoms. The van der Waals surface area contributed by atoms with Crippen LogP contribution in [0.1, 0.15) is 45.2 Å². The average molecular weight is 212 g/mol. The van der Waals surface area contributed by atoms with Crippen LogP contribution in [0, 0.1) is 5.92 Å². The molecule has 0 aliphatic rings. The molecule has 1 aromatic heterocycles. The summed E-state index contributed by atoms with van der Waals surface area (Å²) >= 11 is 1.74. The summed E-state index contributed by atoms with van der Waals surface area (Å²) in [5.74, 6) is 0.642. The van der Waals surface area contributed by atoms with Gasteiger partial charge >= 0.3 is 0 Å². The Labute approximate surface area is 90.8 Å². The molecule has 2 nitrogen and oxygen atoms in total. The van der Waals surface area contributed by atoms with Crippen molar-refractivity contribution in [1.29, 1.82) is 0 Å². The van der Waals surface area contributed by atoms with Gasteiger partial charge in [-0.15, -0.1) is 11.3 Å². The van der Waals surface area contributed by atoms with E-state index in [9.17, 15) is 0 Å². The van der Waals surface area contributed by atoms with Gasteiger partial charge in [0.2, 0.25) is 0 Å². The first kappa shape index (κ1) is 11.7. The molecule has 1 rings (SSSR count). The van der Waals surface area contributed by atoms with E-state index < -0.39 is 0 Å². The molecule has 1 N–H and O–H groups in total. The number of hydrogen-bond donors (Lipinski definition) is 1. The Bertz CT molecular complexity index is 244. The van der Waals surface area contributed by atoms with Gasteiger partial charge in [0.05, 0.1) is 6.04 Å². The first-order chi connectivity index (χ1) is 6.65. The van der Waals surface area contributed by atoms with Crippen LogP contribution in [-0.4, -0.2) is 11.0 Å². The van der Waals surface area contributed by atoms with Crippen LogP contribution in [0.5, 0.6) is 0 Å². The van der Waals surface area contributed by atoms with E-state index in [1.165, 1.54) is 11.4 Å². The molecule has 0 aliphatic carbocycles. The number of nitrogens with zero attached hydrogens (tertiary/aromatic N) is 1. The van der Waals surface area contributed by atoms with Gasteiger partial charge in [0.25, 0.3) is 0 Å². The van der Waals surface area contributed by atoms with Gasteiger partial charge < -0.3 is 5.32 Å². The van der Waals surface area contributed by atoms with Crippen LogP contribution in [0.25, 0.3) is 0 Å². The maximum atomic E-state index is 4.39. The predicted molar refractivity (Wildman–Crippen MR) is 62.6 cm³/mol. The minimum absolute atomic E-state index is 0.417. The van der Waals surface area contributed by atoms with Crippen LogP contribution in [0.15, 0.2) is 11.6 Å². The minimum Gasteiger partial charge on any atom is -0.305 e. The SMILES string of the molecule is CCC(C)C(NC(C)C)c1nccs1. The van der Waals surface area contributed by atoms with Crippen LogP contribution < -0.4 is 5.32 Å². The summed E-state index contributed by atoms with van der Waals surface area (Å²) < 4.78 is 0. The van der Waals surface area contributed by atoms with Crippen molar-refractivity contribution >= 4 is 11.3 Å². The van der Waals surface area contributed by atoms with Crippen molar-refractivity contribution in [3.8, 4) is 0 Å². The van der Waals surface area contributed by atoms with Crippen LogP contribution in [-0.2, 0) is 0 Å². The molecule has 0 spiro atoms. The van der Waals surface area contributed by atoms with Gasteiger partial charge in [-0.05, 0) is 5.92 Å². The zero-order valence-electron chi connectivity index (χ0n) is 9.45. The monoisotopic (exact) mass is 212 g/mol. The van der Waals surface area contributed by atoms with Crippen LogP contribution in [0.3, 0.4) is 0 Å².